The van der Waals surface area contributed by atoms with Gasteiger partial charge in [-0.3, -0.25) is 14.4 Å². The quantitative estimate of drug-likeness (QED) is 0.844. The molecule has 0 spiro atoms. The second-order valence-corrected chi connectivity index (χ2v) is 8.59. The minimum absolute atomic E-state index is 0.0106. The van der Waals surface area contributed by atoms with Gasteiger partial charge in [0.1, 0.15) is 11.4 Å². The average molecular weight is 407 g/mol. The summed E-state index contributed by atoms with van der Waals surface area (Å²) in [7, 11) is 1.60. The summed E-state index contributed by atoms with van der Waals surface area (Å²) in [6.45, 7) is 1.80. The maximum Gasteiger partial charge on any atom is 0.274 e. The number of likely N-dealkylation sites (tertiary alicyclic amines) is 1. The number of nitrogens with zero attached hydrogens (tertiary/aromatic N) is 2. The fourth-order valence-electron chi connectivity index (χ4n) is 4.70. The third-order valence-corrected chi connectivity index (χ3v) is 6.43. The number of piperidine rings is 1. The molecular weight excluding hydrogens is 382 g/mol. The minimum atomic E-state index is -0.133. The number of hydrogen-bond acceptors (Lipinski definition) is 4. The van der Waals surface area contributed by atoms with Crippen LogP contribution in [-0.4, -0.2) is 41.5 Å². The van der Waals surface area contributed by atoms with Gasteiger partial charge in [-0.05, 0) is 61.6 Å². The van der Waals surface area contributed by atoms with Gasteiger partial charge in [-0.1, -0.05) is 0 Å². The van der Waals surface area contributed by atoms with Crippen molar-refractivity contribution in [2.24, 2.45) is 11.8 Å². The van der Waals surface area contributed by atoms with Gasteiger partial charge in [-0.25, -0.2) is 0 Å². The standard InChI is InChI=1S/C23H25N3O4/c1-30-18-6-4-16(5-7-18)22(28)25-11-14-10-17(13-25)20-9-8-19(23(29)26(20)12-14)24-21(27)15-2-3-15/h4-9,14-15,17H,2-3,10-13H2,1H3,(H,24,27). The zero-order valence-electron chi connectivity index (χ0n) is 17.0. The average Bonchev–Trinajstić information content (AvgIpc) is 3.61. The van der Waals surface area contributed by atoms with Gasteiger partial charge >= 0.3 is 0 Å². The number of carbonyl (C=O) groups is 2. The van der Waals surface area contributed by atoms with Crippen molar-refractivity contribution in [1.82, 2.24) is 9.47 Å². The van der Waals surface area contributed by atoms with E-state index in [-0.39, 0.29) is 35.1 Å². The molecule has 1 aromatic carbocycles. The lowest BCUT2D eigenvalue weighted by molar-refractivity contribution is -0.117. The molecule has 7 nitrogen and oxygen atoms in total. The first kappa shape index (κ1) is 18.9. The van der Waals surface area contributed by atoms with Crippen molar-refractivity contribution in [2.75, 3.05) is 25.5 Å². The van der Waals surface area contributed by atoms with Gasteiger partial charge in [-0.15, -0.1) is 0 Å². The molecule has 1 saturated heterocycles. The maximum atomic E-state index is 13.0. The molecule has 0 radical (unpaired) electrons. The van der Waals surface area contributed by atoms with Gasteiger partial charge < -0.3 is 19.5 Å². The Balaban J connectivity index is 1.36. The van der Waals surface area contributed by atoms with Crippen LogP contribution in [0.15, 0.2) is 41.2 Å². The van der Waals surface area contributed by atoms with Crippen LogP contribution in [0.4, 0.5) is 5.69 Å². The molecule has 1 saturated carbocycles. The van der Waals surface area contributed by atoms with E-state index in [0.717, 1.165) is 30.7 Å². The van der Waals surface area contributed by atoms with Crippen LogP contribution >= 0.6 is 0 Å². The van der Waals surface area contributed by atoms with E-state index in [1.165, 1.54) is 0 Å². The molecule has 3 heterocycles. The van der Waals surface area contributed by atoms with Crippen molar-refractivity contribution >= 4 is 17.5 Å². The summed E-state index contributed by atoms with van der Waals surface area (Å²) in [5.74, 6) is 1.09. The molecule has 2 atom stereocenters. The molecule has 2 fully saturated rings. The second kappa shape index (κ2) is 7.31. The number of aromatic nitrogens is 1. The molecule has 2 aliphatic heterocycles. The Labute approximate surface area is 174 Å². The highest BCUT2D eigenvalue weighted by Gasteiger charge is 2.37. The summed E-state index contributed by atoms with van der Waals surface area (Å²) in [5.41, 5.74) is 1.83. The van der Waals surface area contributed by atoms with Crippen LogP contribution in [0.5, 0.6) is 5.75 Å². The number of fused-ring (bicyclic) bond motifs is 4. The third-order valence-electron chi connectivity index (χ3n) is 6.43. The first-order valence-corrected chi connectivity index (χ1v) is 10.5. The smallest absolute Gasteiger partial charge is 0.274 e. The number of ether oxygens (including phenoxy) is 1. The highest BCUT2D eigenvalue weighted by molar-refractivity contribution is 5.95. The summed E-state index contributed by atoms with van der Waals surface area (Å²) in [5, 5.41) is 2.80. The summed E-state index contributed by atoms with van der Waals surface area (Å²) < 4.78 is 6.97. The number of pyridine rings is 1. The predicted molar refractivity (Wildman–Crippen MR) is 112 cm³/mol. The molecule has 1 aromatic heterocycles. The van der Waals surface area contributed by atoms with E-state index in [0.29, 0.717) is 30.9 Å². The van der Waals surface area contributed by atoms with Crippen molar-refractivity contribution in [3.05, 3.63) is 58.0 Å². The Kier molecular flexibility index (Phi) is 4.60. The number of carbonyl (C=O) groups excluding carboxylic acids is 2. The van der Waals surface area contributed by atoms with Gasteiger partial charge in [0.15, 0.2) is 0 Å². The van der Waals surface area contributed by atoms with E-state index in [1.807, 2.05) is 11.0 Å². The second-order valence-electron chi connectivity index (χ2n) is 8.59. The Morgan fingerprint density at radius 2 is 1.80 bits per heavy atom. The van der Waals surface area contributed by atoms with Crippen molar-refractivity contribution in [2.45, 2.75) is 31.7 Å². The molecule has 5 rings (SSSR count). The molecule has 3 aliphatic rings. The summed E-state index contributed by atoms with van der Waals surface area (Å²) in [6, 6.07) is 10.8. The van der Waals surface area contributed by atoms with Crippen molar-refractivity contribution in [3.8, 4) is 5.75 Å². The molecule has 2 aromatic rings. The Morgan fingerprint density at radius 3 is 2.50 bits per heavy atom. The lowest BCUT2D eigenvalue weighted by atomic mass is 9.83. The number of hydrogen-bond donors (Lipinski definition) is 1. The van der Waals surface area contributed by atoms with Gasteiger partial charge in [0.25, 0.3) is 11.5 Å². The van der Waals surface area contributed by atoms with Gasteiger partial charge in [0.2, 0.25) is 5.91 Å². The van der Waals surface area contributed by atoms with Gasteiger partial charge in [0, 0.05) is 42.7 Å². The highest BCUT2D eigenvalue weighted by Crippen LogP contribution is 2.36. The van der Waals surface area contributed by atoms with Crippen LogP contribution < -0.4 is 15.6 Å². The zero-order valence-corrected chi connectivity index (χ0v) is 17.0. The van der Waals surface area contributed by atoms with Gasteiger partial charge in [-0.2, -0.15) is 0 Å². The highest BCUT2D eigenvalue weighted by atomic mass is 16.5. The van der Waals surface area contributed by atoms with Crippen molar-refractivity contribution in [1.29, 1.82) is 0 Å². The monoisotopic (exact) mass is 407 g/mol. The molecule has 30 heavy (non-hydrogen) atoms. The van der Waals surface area contributed by atoms with E-state index in [2.05, 4.69) is 5.32 Å². The third kappa shape index (κ3) is 3.38. The van der Waals surface area contributed by atoms with Crippen LogP contribution in [0, 0.1) is 11.8 Å². The molecular formula is C23H25N3O4. The summed E-state index contributed by atoms with van der Waals surface area (Å²) in [6.07, 6.45) is 2.78. The maximum absolute atomic E-state index is 13.0. The fourth-order valence-corrected chi connectivity index (χ4v) is 4.70. The molecule has 1 aliphatic carbocycles. The lowest BCUT2D eigenvalue weighted by Gasteiger charge is -2.43. The molecule has 2 amide bonds. The number of nitrogens with one attached hydrogen (secondary N) is 1. The number of amides is 2. The minimum Gasteiger partial charge on any atom is -0.497 e. The number of benzene rings is 1. The van der Waals surface area contributed by atoms with Crippen LogP contribution in [0.3, 0.4) is 0 Å². The van der Waals surface area contributed by atoms with Gasteiger partial charge in [0.05, 0.1) is 7.11 Å². The predicted octanol–water partition coefficient (Wildman–Crippen LogP) is 2.46. The van der Waals surface area contributed by atoms with E-state index in [4.69, 9.17) is 4.74 Å². The van der Waals surface area contributed by atoms with Crippen LogP contribution in [0.2, 0.25) is 0 Å². The normalized spacial score (nSPS) is 22.2. The van der Waals surface area contributed by atoms with Crippen molar-refractivity contribution < 1.29 is 14.3 Å². The lowest BCUT2D eigenvalue weighted by Crippen LogP contribution is -2.49. The van der Waals surface area contributed by atoms with E-state index in [9.17, 15) is 14.4 Å². The van der Waals surface area contributed by atoms with Crippen LogP contribution in [0.25, 0.3) is 0 Å². The number of methoxy groups -OCH3 is 1. The Morgan fingerprint density at radius 1 is 1.03 bits per heavy atom. The SMILES string of the molecule is COc1ccc(C(=O)N2CC3CC(C2)c2ccc(NC(=O)C4CC4)c(=O)n2C3)cc1. The summed E-state index contributed by atoms with van der Waals surface area (Å²) >= 11 is 0. The summed E-state index contributed by atoms with van der Waals surface area (Å²) in [4.78, 5) is 40.0. The van der Waals surface area contributed by atoms with E-state index < -0.39 is 0 Å². The molecule has 1 N–H and O–H groups in total. The number of rotatable bonds is 4. The first-order chi connectivity index (χ1) is 14.5. The zero-order chi connectivity index (χ0) is 20.8. The van der Waals surface area contributed by atoms with E-state index >= 15 is 0 Å². The molecule has 2 bridgehead atoms. The first-order valence-electron chi connectivity index (χ1n) is 10.5. The fraction of sp³-hybridized carbons (Fsp3) is 0.435. The van der Waals surface area contributed by atoms with Crippen molar-refractivity contribution in [3.63, 3.8) is 0 Å². The Bertz CT molecular complexity index is 1060. The van der Waals surface area contributed by atoms with E-state index in [1.54, 1.807) is 42.0 Å². The molecule has 156 valence electrons. The largest absolute Gasteiger partial charge is 0.497 e. The van der Waals surface area contributed by atoms with Crippen LogP contribution in [0.1, 0.15) is 41.2 Å². The molecule has 2 unspecified atom stereocenters. The number of anilines is 1. The van der Waals surface area contributed by atoms with Crippen LogP contribution in [-0.2, 0) is 11.3 Å². The Hall–Kier alpha value is -3.09. The topological polar surface area (TPSA) is 80.6 Å². The molecule has 7 heteroatoms.